The SMILES string of the molecule is CC(C)(C)OC(=O)NC1C=C(I)C(=O)CC1. The van der Waals surface area contributed by atoms with Gasteiger partial charge in [-0.3, -0.25) is 4.79 Å². The molecule has 0 saturated heterocycles. The van der Waals surface area contributed by atoms with Crippen molar-refractivity contribution in [3.8, 4) is 0 Å². The lowest BCUT2D eigenvalue weighted by molar-refractivity contribution is -0.115. The summed E-state index contributed by atoms with van der Waals surface area (Å²) < 4.78 is 5.82. The number of ketones is 1. The van der Waals surface area contributed by atoms with Gasteiger partial charge in [0, 0.05) is 6.42 Å². The van der Waals surface area contributed by atoms with Crippen LogP contribution in [-0.4, -0.2) is 23.5 Å². The highest BCUT2D eigenvalue weighted by Crippen LogP contribution is 2.20. The molecule has 0 aromatic heterocycles. The van der Waals surface area contributed by atoms with Crippen LogP contribution >= 0.6 is 22.6 Å². The maximum Gasteiger partial charge on any atom is 0.408 e. The summed E-state index contributed by atoms with van der Waals surface area (Å²) in [6.07, 6.45) is 2.46. The smallest absolute Gasteiger partial charge is 0.408 e. The number of hydrogen-bond acceptors (Lipinski definition) is 3. The molecule has 0 aromatic carbocycles. The van der Waals surface area contributed by atoms with Gasteiger partial charge < -0.3 is 10.1 Å². The summed E-state index contributed by atoms with van der Waals surface area (Å²) >= 11 is 1.99. The van der Waals surface area contributed by atoms with E-state index in [4.69, 9.17) is 4.74 Å². The van der Waals surface area contributed by atoms with Gasteiger partial charge in [-0.15, -0.1) is 0 Å². The van der Waals surface area contributed by atoms with Crippen molar-refractivity contribution >= 4 is 34.5 Å². The molecule has 0 aromatic rings. The molecule has 0 saturated carbocycles. The molecular weight excluding hydrogens is 321 g/mol. The number of carbonyl (C=O) groups is 2. The van der Waals surface area contributed by atoms with Gasteiger partial charge in [-0.1, -0.05) is 0 Å². The van der Waals surface area contributed by atoms with Crippen molar-refractivity contribution in [3.05, 3.63) is 9.66 Å². The van der Waals surface area contributed by atoms with Crippen LogP contribution < -0.4 is 5.32 Å². The highest BCUT2D eigenvalue weighted by molar-refractivity contribution is 14.1. The van der Waals surface area contributed by atoms with Gasteiger partial charge in [0.15, 0.2) is 5.78 Å². The maximum atomic E-state index is 11.5. The molecule has 1 N–H and O–H groups in total. The van der Waals surface area contributed by atoms with Crippen LogP contribution in [0.2, 0.25) is 0 Å². The molecule has 1 unspecified atom stereocenters. The molecule has 90 valence electrons. The minimum absolute atomic E-state index is 0.0977. The van der Waals surface area contributed by atoms with Crippen molar-refractivity contribution in [1.82, 2.24) is 5.32 Å². The predicted octanol–water partition coefficient (Wildman–Crippen LogP) is 2.56. The molecular formula is C11H16INO3. The molecule has 0 bridgehead atoms. The number of carbonyl (C=O) groups excluding carboxylic acids is 2. The first-order valence-electron chi connectivity index (χ1n) is 5.18. The Labute approximate surface area is 109 Å². The van der Waals surface area contributed by atoms with Crippen LogP contribution in [0.15, 0.2) is 9.66 Å². The molecule has 0 spiro atoms. The average molecular weight is 337 g/mol. The Morgan fingerprint density at radius 3 is 2.69 bits per heavy atom. The third kappa shape index (κ3) is 4.51. The quantitative estimate of drug-likeness (QED) is 0.749. The fourth-order valence-corrected chi connectivity index (χ4v) is 2.04. The molecule has 5 heteroatoms. The summed E-state index contributed by atoms with van der Waals surface area (Å²) in [6.45, 7) is 5.45. The molecule has 1 amide bonds. The molecule has 4 nitrogen and oxygen atoms in total. The van der Waals surface area contributed by atoms with Gasteiger partial charge in [0.2, 0.25) is 0 Å². The summed E-state index contributed by atoms with van der Waals surface area (Å²) in [5.41, 5.74) is -0.495. The lowest BCUT2D eigenvalue weighted by Crippen LogP contribution is -2.39. The number of nitrogens with one attached hydrogen (secondary N) is 1. The van der Waals surface area contributed by atoms with Gasteiger partial charge in [-0.05, 0) is 55.9 Å². The van der Waals surface area contributed by atoms with E-state index in [1.807, 2.05) is 43.4 Å². The number of halogens is 1. The monoisotopic (exact) mass is 337 g/mol. The van der Waals surface area contributed by atoms with Crippen LogP contribution in [0.5, 0.6) is 0 Å². The molecule has 16 heavy (non-hydrogen) atoms. The van der Waals surface area contributed by atoms with E-state index in [-0.39, 0.29) is 11.8 Å². The maximum absolute atomic E-state index is 11.5. The van der Waals surface area contributed by atoms with Crippen molar-refractivity contribution in [1.29, 1.82) is 0 Å². The second-order valence-electron chi connectivity index (χ2n) is 4.73. The first-order valence-corrected chi connectivity index (χ1v) is 6.26. The van der Waals surface area contributed by atoms with Gasteiger partial charge in [-0.2, -0.15) is 0 Å². The Hall–Kier alpha value is -0.590. The molecule has 0 heterocycles. The van der Waals surface area contributed by atoms with Crippen LogP contribution in [0.3, 0.4) is 0 Å². The molecule has 1 aliphatic carbocycles. The van der Waals surface area contributed by atoms with E-state index in [2.05, 4.69) is 5.32 Å². The predicted molar refractivity (Wildman–Crippen MR) is 69.5 cm³/mol. The van der Waals surface area contributed by atoms with Gasteiger partial charge >= 0.3 is 6.09 Å². The third-order valence-electron chi connectivity index (χ3n) is 2.00. The third-order valence-corrected chi connectivity index (χ3v) is 2.96. The van der Waals surface area contributed by atoms with Crippen LogP contribution in [-0.2, 0) is 9.53 Å². The van der Waals surface area contributed by atoms with E-state index in [0.717, 1.165) is 0 Å². The summed E-state index contributed by atoms with van der Waals surface area (Å²) in [5, 5.41) is 2.73. The molecule has 0 radical (unpaired) electrons. The van der Waals surface area contributed by atoms with Crippen molar-refractivity contribution in [2.75, 3.05) is 0 Å². The number of allylic oxidation sites excluding steroid dienone is 1. The average Bonchev–Trinajstić information content (AvgIpc) is 2.08. The molecule has 1 aliphatic rings. The van der Waals surface area contributed by atoms with Crippen molar-refractivity contribution < 1.29 is 14.3 Å². The molecule has 0 fully saturated rings. The second-order valence-corrected chi connectivity index (χ2v) is 5.89. The number of alkyl carbamates (subject to hydrolysis) is 1. The zero-order valence-corrected chi connectivity index (χ0v) is 11.8. The lowest BCUT2D eigenvalue weighted by Gasteiger charge is -2.23. The molecule has 1 atom stereocenters. The Balaban J connectivity index is 2.50. The van der Waals surface area contributed by atoms with E-state index < -0.39 is 11.7 Å². The van der Waals surface area contributed by atoms with Crippen LogP contribution in [0.1, 0.15) is 33.6 Å². The van der Waals surface area contributed by atoms with E-state index >= 15 is 0 Å². The fraction of sp³-hybridized carbons (Fsp3) is 0.636. The first kappa shape index (κ1) is 13.5. The standard InChI is InChI=1S/C11H16INO3/c1-11(2,3)16-10(15)13-7-4-5-9(14)8(12)6-7/h6-7H,4-5H2,1-3H3,(H,13,15). The van der Waals surface area contributed by atoms with E-state index in [0.29, 0.717) is 16.4 Å². The Morgan fingerprint density at radius 2 is 2.19 bits per heavy atom. The van der Waals surface area contributed by atoms with Gasteiger partial charge in [0.05, 0.1) is 9.62 Å². The largest absolute Gasteiger partial charge is 0.444 e. The van der Waals surface area contributed by atoms with E-state index in [1.54, 1.807) is 6.08 Å². The zero-order chi connectivity index (χ0) is 12.3. The Kier molecular flexibility index (Phi) is 4.35. The number of Topliss-reactive ketones (excluding diaryl/α,β-unsaturated/α-hetero) is 1. The summed E-state index contributed by atoms with van der Waals surface area (Å²) in [7, 11) is 0. The zero-order valence-electron chi connectivity index (χ0n) is 9.67. The first-order chi connectivity index (χ1) is 7.28. The number of amides is 1. The van der Waals surface area contributed by atoms with Crippen LogP contribution in [0.25, 0.3) is 0 Å². The van der Waals surface area contributed by atoms with E-state index in [1.165, 1.54) is 0 Å². The van der Waals surface area contributed by atoms with E-state index in [9.17, 15) is 9.59 Å². The Bertz CT molecular complexity index is 331. The Morgan fingerprint density at radius 1 is 1.56 bits per heavy atom. The summed E-state index contributed by atoms with van der Waals surface area (Å²) in [6, 6.07) is -0.0977. The van der Waals surface area contributed by atoms with Crippen molar-refractivity contribution in [2.24, 2.45) is 0 Å². The fourth-order valence-electron chi connectivity index (χ4n) is 1.33. The van der Waals surface area contributed by atoms with Gasteiger partial charge in [0.1, 0.15) is 5.60 Å². The summed E-state index contributed by atoms with van der Waals surface area (Å²) in [5.74, 6) is 0.142. The highest BCUT2D eigenvalue weighted by atomic mass is 127. The van der Waals surface area contributed by atoms with Crippen LogP contribution in [0.4, 0.5) is 4.79 Å². The minimum atomic E-state index is -0.495. The highest BCUT2D eigenvalue weighted by Gasteiger charge is 2.22. The summed E-state index contributed by atoms with van der Waals surface area (Å²) in [4.78, 5) is 22.7. The topological polar surface area (TPSA) is 55.4 Å². The van der Waals surface area contributed by atoms with Gasteiger partial charge in [-0.25, -0.2) is 4.79 Å². The number of hydrogen-bond donors (Lipinski definition) is 1. The van der Waals surface area contributed by atoms with Gasteiger partial charge in [0.25, 0.3) is 0 Å². The normalized spacial score (nSPS) is 21.4. The molecule has 0 aliphatic heterocycles. The molecule has 1 rings (SSSR count). The second kappa shape index (κ2) is 5.16. The minimum Gasteiger partial charge on any atom is -0.444 e. The van der Waals surface area contributed by atoms with Crippen molar-refractivity contribution in [2.45, 2.75) is 45.3 Å². The lowest BCUT2D eigenvalue weighted by atomic mass is 10.0. The van der Waals surface area contributed by atoms with Crippen molar-refractivity contribution in [3.63, 3.8) is 0 Å². The van der Waals surface area contributed by atoms with Crippen LogP contribution in [0, 0.1) is 0 Å². The number of rotatable bonds is 1. The number of ether oxygens (including phenoxy) is 1.